The monoisotopic (exact) mass is 323 g/mol. The summed E-state index contributed by atoms with van der Waals surface area (Å²) in [4.78, 5) is 26.4. The molecule has 6 heteroatoms. The van der Waals surface area contributed by atoms with Crippen LogP contribution in [0.15, 0.2) is 18.2 Å². The van der Waals surface area contributed by atoms with Crippen molar-refractivity contribution in [3.8, 4) is 0 Å². The van der Waals surface area contributed by atoms with Crippen LogP contribution in [0.2, 0.25) is 5.02 Å². The number of piperidine rings is 1. The summed E-state index contributed by atoms with van der Waals surface area (Å²) in [5, 5.41) is 3.28. The van der Waals surface area contributed by atoms with Crippen molar-refractivity contribution in [3.63, 3.8) is 0 Å². The first-order valence-electron chi connectivity index (χ1n) is 7.56. The molecule has 5 nitrogen and oxygen atoms in total. The van der Waals surface area contributed by atoms with E-state index in [4.69, 9.17) is 17.3 Å². The molecule has 120 valence electrons. The highest BCUT2D eigenvalue weighted by molar-refractivity contribution is 6.34. The van der Waals surface area contributed by atoms with Gasteiger partial charge in [0, 0.05) is 26.2 Å². The number of nitrogens with two attached hydrogens (primary N) is 1. The summed E-state index contributed by atoms with van der Waals surface area (Å²) in [5.74, 6) is -0.309. The number of nitrogens with one attached hydrogen (secondary N) is 1. The van der Waals surface area contributed by atoms with Crippen molar-refractivity contribution in [2.45, 2.75) is 19.8 Å². The van der Waals surface area contributed by atoms with E-state index in [0.29, 0.717) is 36.8 Å². The summed E-state index contributed by atoms with van der Waals surface area (Å²) in [5.41, 5.74) is 6.78. The van der Waals surface area contributed by atoms with E-state index in [-0.39, 0.29) is 17.7 Å². The number of carbonyl (C=O) groups is 2. The first-order valence-corrected chi connectivity index (χ1v) is 7.94. The highest BCUT2D eigenvalue weighted by atomic mass is 35.5. The highest BCUT2D eigenvalue weighted by Gasteiger charge is 2.29. The van der Waals surface area contributed by atoms with Gasteiger partial charge in [0.15, 0.2) is 0 Å². The molecule has 1 heterocycles. The smallest absolute Gasteiger partial charge is 0.255 e. The second-order valence-corrected chi connectivity index (χ2v) is 5.98. The van der Waals surface area contributed by atoms with E-state index in [0.717, 1.165) is 18.4 Å². The van der Waals surface area contributed by atoms with Crippen molar-refractivity contribution in [3.05, 3.63) is 34.3 Å². The van der Waals surface area contributed by atoms with Crippen molar-refractivity contribution in [1.82, 2.24) is 10.2 Å². The molecule has 1 aromatic rings. The minimum atomic E-state index is -0.173. The zero-order chi connectivity index (χ0) is 16.1. The molecule has 2 rings (SSSR count). The minimum Gasteiger partial charge on any atom is -0.355 e. The molecule has 1 unspecified atom stereocenters. The predicted molar refractivity (Wildman–Crippen MR) is 86.9 cm³/mol. The topological polar surface area (TPSA) is 75.4 Å². The standard InChI is InChI=1S/C16H22ClN3O2/c1-11-4-2-6-13(14(11)17)16(22)20-9-3-5-12(10-20)15(21)19-8-7-18/h2,4,6,12H,3,5,7-10,18H2,1H3,(H,19,21). The predicted octanol–water partition coefficient (Wildman–Crippen LogP) is 1.58. The third-order valence-corrected chi connectivity index (χ3v) is 4.45. The van der Waals surface area contributed by atoms with Gasteiger partial charge in [-0.2, -0.15) is 0 Å². The van der Waals surface area contributed by atoms with E-state index in [1.54, 1.807) is 11.0 Å². The van der Waals surface area contributed by atoms with Gasteiger partial charge in [-0.3, -0.25) is 9.59 Å². The molecule has 1 atom stereocenters. The molecule has 2 amide bonds. The lowest BCUT2D eigenvalue weighted by atomic mass is 9.96. The van der Waals surface area contributed by atoms with Gasteiger partial charge in [0.05, 0.1) is 16.5 Å². The van der Waals surface area contributed by atoms with E-state index in [2.05, 4.69) is 5.32 Å². The first kappa shape index (κ1) is 16.8. The van der Waals surface area contributed by atoms with Crippen molar-refractivity contribution < 1.29 is 9.59 Å². The fraction of sp³-hybridized carbons (Fsp3) is 0.500. The Bertz CT molecular complexity index is 562. The molecule has 0 saturated carbocycles. The van der Waals surface area contributed by atoms with Crippen LogP contribution in [0.3, 0.4) is 0 Å². The number of hydrogen-bond donors (Lipinski definition) is 2. The van der Waals surface area contributed by atoms with Crippen molar-refractivity contribution in [1.29, 1.82) is 0 Å². The zero-order valence-electron chi connectivity index (χ0n) is 12.8. The van der Waals surface area contributed by atoms with E-state index in [9.17, 15) is 9.59 Å². The minimum absolute atomic E-state index is 0.0294. The van der Waals surface area contributed by atoms with Gasteiger partial charge >= 0.3 is 0 Å². The second-order valence-electron chi connectivity index (χ2n) is 5.61. The van der Waals surface area contributed by atoms with Crippen LogP contribution in [0, 0.1) is 12.8 Å². The van der Waals surface area contributed by atoms with Gasteiger partial charge in [0.25, 0.3) is 5.91 Å². The molecule has 22 heavy (non-hydrogen) atoms. The summed E-state index contributed by atoms with van der Waals surface area (Å²) >= 11 is 6.23. The van der Waals surface area contributed by atoms with Crippen LogP contribution in [0.5, 0.6) is 0 Å². The van der Waals surface area contributed by atoms with Gasteiger partial charge in [-0.25, -0.2) is 0 Å². The molecule has 0 aromatic heterocycles. The molecule has 0 aliphatic carbocycles. The molecule has 0 spiro atoms. The molecular formula is C16H22ClN3O2. The SMILES string of the molecule is Cc1cccc(C(=O)N2CCCC(C(=O)NCCN)C2)c1Cl. The Hall–Kier alpha value is -1.59. The van der Waals surface area contributed by atoms with Gasteiger partial charge in [0.2, 0.25) is 5.91 Å². The van der Waals surface area contributed by atoms with Crippen LogP contribution in [0.1, 0.15) is 28.8 Å². The summed E-state index contributed by atoms with van der Waals surface area (Å²) in [7, 11) is 0. The van der Waals surface area contributed by atoms with Gasteiger partial charge in [-0.1, -0.05) is 23.7 Å². The summed E-state index contributed by atoms with van der Waals surface area (Å²) < 4.78 is 0. The van der Waals surface area contributed by atoms with Gasteiger partial charge in [-0.15, -0.1) is 0 Å². The number of carbonyl (C=O) groups excluding carboxylic acids is 2. The van der Waals surface area contributed by atoms with E-state index in [1.807, 2.05) is 19.1 Å². The molecule has 1 aromatic carbocycles. The molecular weight excluding hydrogens is 302 g/mol. The number of nitrogens with zero attached hydrogens (tertiary/aromatic N) is 1. The van der Waals surface area contributed by atoms with Crippen molar-refractivity contribution in [2.75, 3.05) is 26.2 Å². The normalized spacial score (nSPS) is 18.1. The zero-order valence-corrected chi connectivity index (χ0v) is 13.5. The van der Waals surface area contributed by atoms with Crippen molar-refractivity contribution >= 4 is 23.4 Å². The molecule has 1 fully saturated rings. The average Bonchev–Trinajstić information content (AvgIpc) is 2.54. The maximum atomic E-state index is 12.6. The Morgan fingerprint density at radius 3 is 2.95 bits per heavy atom. The maximum Gasteiger partial charge on any atom is 0.255 e. The summed E-state index contributed by atoms with van der Waals surface area (Å²) in [6, 6.07) is 5.43. The second kappa shape index (κ2) is 7.61. The molecule has 0 radical (unpaired) electrons. The maximum absolute atomic E-state index is 12.6. The summed E-state index contributed by atoms with van der Waals surface area (Å²) in [6.45, 7) is 3.84. The molecule has 1 saturated heterocycles. The number of rotatable bonds is 4. The van der Waals surface area contributed by atoms with Crippen LogP contribution in [0.25, 0.3) is 0 Å². The Morgan fingerprint density at radius 2 is 2.23 bits per heavy atom. The fourth-order valence-electron chi connectivity index (χ4n) is 2.70. The number of halogens is 1. The van der Waals surface area contributed by atoms with Crippen LogP contribution < -0.4 is 11.1 Å². The van der Waals surface area contributed by atoms with E-state index < -0.39 is 0 Å². The lowest BCUT2D eigenvalue weighted by Gasteiger charge is -2.32. The summed E-state index contributed by atoms with van der Waals surface area (Å²) in [6.07, 6.45) is 1.61. The Labute approximate surface area is 135 Å². The van der Waals surface area contributed by atoms with Crippen molar-refractivity contribution in [2.24, 2.45) is 11.7 Å². The van der Waals surface area contributed by atoms with Crippen LogP contribution in [0.4, 0.5) is 0 Å². The van der Waals surface area contributed by atoms with Gasteiger partial charge in [-0.05, 0) is 31.4 Å². The lowest BCUT2D eigenvalue weighted by Crippen LogP contribution is -2.46. The van der Waals surface area contributed by atoms with Gasteiger partial charge in [0.1, 0.15) is 0 Å². The third-order valence-electron chi connectivity index (χ3n) is 3.95. The Kier molecular flexibility index (Phi) is 5.80. The van der Waals surface area contributed by atoms with E-state index in [1.165, 1.54) is 0 Å². The van der Waals surface area contributed by atoms with E-state index >= 15 is 0 Å². The fourth-order valence-corrected chi connectivity index (χ4v) is 2.91. The number of amides is 2. The molecule has 1 aliphatic rings. The lowest BCUT2D eigenvalue weighted by molar-refractivity contribution is -0.126. The third kappa shape index (κ3) is 3.78. The largest absolute Gasteiger partial charge is 0.355 e. The Balaban J connectivity index is 2.07. The molecule has 3 N–H and O–H groups in total. The number of aryl methyl sites for hydroxylation is 1. The van der Waals surface area contributed by atoms with Crippen LogP contribution in [-0.2, 0) is 4.79 Å². The van der Waals surface area contributed by atoms with Gasteiger partial charge < -0.3 is 16.0 Å². The molecule has 1 aliphatic heterocycles. The number of likely N-dealkylation sites (tertiary alicyclic amines) is 1. The van der Waals surface area contributed by atoms with Crippen LogP contribution in [-0.4, -0.2) is 42.9 Å². The average molecular weight is 324 g/mol. The molecule has 0 bridgehead atoms. The quantitative estimate of drug-likeness (QED) is 0.883. The first-order chi connectivity index (χ1) is 10.5. The number of benzene rings is 1. The number of hydrogen-bond acceptors (Lipinski definition) is 3. The Morgan fingerprint density at radius 1 is 1.45 bits per heavy atom. The van der Waals surface area contributed by atoms with Crippen LogP contribution >= 0.6 is 11.6 Å². The highest BCUT2D eigenvalue weighted by Crippen LogP contribution is 2.24.